The molecule has 5 heteroatoms. The predicted octanol–water partition coefficient (Wildman–Crippen LogP) is 4.33. The second kappa shape index (κ2) is 8.26. The number of piperidine rings is 1. The molecule has 2 aromatic rings. The summed E-state index contributed by atoms with van der Waals surface area (Å²) < 4.78 is 0. The van der Waals surface area contributed by atoms with Crippen LogP contribution in [0.25, 0.3) is 10.4 Å². The Morgan fingerprint density at radius 2 is 1.67 bits per heavy atom. The number of nitrogens with zero attached hydrogens (tertiary/aromatic N) is 1. The van der Waals surface area contributed by atoms with Gasteiger partial charge in [-0.1, -0.05) is 31.0 Å². The molecular formula is C22H26N2O2S. The number of hydrogen-bond acceptors (Lipinski definition) is 3. The van der Waals surface area contributed by atoms with E-state index in [0.717, 1.165) is 36.8 Å². The van der Waals surface area contributed by atoms with Gasteiger partial charge in [-0.3, -0.25) is 9.59 Å². The lowest BCUT2D eigenvalue weighted by Crippen LogP contribution is -2.44. The van der Waals surface area contributed by atoms with E-state index in [-0.39, 0.29) is 17.7 Å². The molecule has 0 unspecified atom stereocenters. The van der Waals surface area contributed by atoms with Gasteiger partial charge in [0, 0.05) is 35.5 Å². The minimum atomic E-state index is 0.0517. The van der Waals surface area contributed by atoms with E-state index in [4.69, 9.17) is 0 Å². The van der Waals surface area contributed by atoms with Gasteiger partial charge < -0.3 is 10.2 Å². The van der Waals surface area contributed by atoms with E-state index < -0.39 is 0 Å². The van der Waals surface area contributed by atoms with Crippen LogP contribution in [0, 0.1) is 5.92 Å². The molecule has 0 bridgehead atoms. The van der Waals surface area contributed by atoms with Gasteiger partial charge in [-0.2, -0.15) is 0 Å². The first-order valence-corrected chi connectivity index (χ1v) is 10.8. The molecule has 4 nitrogen and oxygen atoms in total. The van der Waals surface area contributed by atoms with Crippen molar-refractivity contribution < 1.29 is 9.59 Å². The number of thiophene rings is 1. The summed E-state index contributed by atoms with van der Waals surface area (Å²) in [7, 11) is 0. The van der Waals surface area contributed by atoms with Gasteiger partial charge in [-0.25, -0.2) is 0 Å². The monoisotopic (exact) mass is 382 g/mol. The largest absolute Gasteiger partial charge is 0.353 e. The molecule has 1 saturated heterocycles. The van der Waals surface area contributed by atoms with Crippen LogP contribution in [0.3, 0.4) is 0 Å². The summed E-state index contributed by atoms with van der Waals surface area (Å²) in [6.07, 6.45) is 6.20. The van der Waals surface area contributed by atoms with Crippen LogP contribution in [0.4, 0.5) is 0 Å². The maximum atomic E-state index is 12.8. The van der Waals surface area contributed by atoms with Crippen LogP contribution in [0.15, 0.2) is 41.8 Å². The molecule has 27 heavy (non-hydrogen) atoms. The SMILES string of the molecule is O=C(NC1CCCC1)C1CCN(C(=O)c2ccc(-c3cccs3)cc2)CC1. The molecule has 1 saturated carbocycles. The molecule has 142 valence electrons. The van der Waals surface area contributed by atoms with Crippen molar-refractivity contribution in [2.24, 2.45) is 5.92 Å². The summed E-state index contributed by atoms with van der Waals surface area (Å²) in [5.41, 5.74) is 1.87. The number of hydrogen-bond donors (Lipinski definition) is 1. The van der Waals surface area contributed by atoms with Gasteiger partial charge in [0.25, 0.3) is 5.91 Å². The van der Waals surface area contributed by atoms with Gasteiger partial charge in [0.05, 0.1) is 0 Å². The molecule has 4 rings (SSSR count). The van der Waals surface area contributed by atoms with Crippen molar-refractivity contribution in [3.63, 3.8) is 0 Å². The highest BCUT2D eigenvalue weighted by atomic mass is 32.1. The van der Waals surface area contributed by atoms with E-state index in [1.807, 2.05) is 35.2 Å². The van der Waals surface area contributed by atoms with E-state index in [9.17, 15) is 9.59 Å². The van der Waals surface area contributed by atoms with Crippen molar-refractivity contribution in [2.45, 2.75) is 44.6 Å². The Bertz CT molecular complexity index is 771. The van der Waals surface area contributed by atoms with Gasteiger partial charge in [0.1, 0.15) is 0 Å². The molecule has 0 spiro atoms. The molecule has 1 aliphatic carbocycles. The predicted molar refractivity (Wildman–Crippen MR) is 109 cm³/mol. The van der Waals surface area contributed by atoms with Crippen molar-refractivity contribution >= 4 is 23.2 Å². The Morgan fingerprint density at radius 3 is 2.30 bits per heavy atom. The molecular weight excluding hydrogens is 356 g/mol. The summed E-state index contributed by atoms with van der Waals surface area (Å²) in [5, 5.41) is 5.26. The first kappa shape index (κ1) is 18.2. The zero-order valence-electron chi connectivity index (χ0n) is 15.5. The molecule has 1 aliphatic heterocycles. The fourth-order valence-electron chi connectivity index (χ4n) is 4.14. The van der Waals surface area contributed by atoms with Gasteiger partial charge in [-0.05, 0) is 54.8 Å². The third kappa shape index (κ3) is 4.24. The Balaban J connectivity index is 1.31. The minimum absolute atomic E-state index is 0.0517. The molecule has 0 radical (unpaired) electrons. The van der Waals surface area contributed by atoms with Crippen molar-refractivity contribution in [1.82, 2.24) is 10.2 Å². The van der Waals surface area contributed by atoms with Crippen LogP contribution < -0.4 is 5.32 Å². The van der Waals surface area contributed by atoms with Crippen molar-refractivity contribution in [1.29, 1.82) is 0 Å². The average molecular weight is 383 g/mol. The molecule has 2 amide bonds. The lowest BCUT2D eigenvalue weighted by molar-refractivity contribution is -0.127. The maximum absolute atomic E-state index is 12.8. The zero-order chi connectivity index (χ0) is 18.6. The van der Waals surface area contributed by atoms with Gasteiger partial charge in [0.15, 0.2) is 0 Å². The Morgan fingerprint density at radius 1 is 0.963 bits per heavy atom. The Hall–Kier alpha value is -2.14. The lowest BCUT2D eigenvalue weighted by atomic mass is 9.95. The lowest BCUT2D eigenvalue weighted by Gasteiger charge is -2.32. The number of carbonyl (C=O) groups excluding carboxylic acids is 2. The average Bonchev–Trinajstić information content (AvgIpc) is 3.42. The number of rotatable bonds is 4. The highest BCUT2D eigenvalue weighted by Gasteiger charge is 2.29. The topological polar surface area (TPSA) is 49.4 Å². The van der Waals surface area contributed by atoms with Gasteiger partial charge >= 0.3 is 0 Å². The van der Waals surface area contributed by atoms with E-state index in [1.165, 1.54) is 17.7 Å². The van der Waals surface area contributed by atoms with Crippen LogP contribution >= 0.6 is 11.3 Å². The van der Waals surface area contributed by atoms with Gasteiger partial charge in [-0.15, -0.1) is 11.3 Å². The molecule has 2 heterocycles. The number of nitrogens with one attached hydrogen (secondary N) is 1. The van der Waals surface area contributed by atoms with Crippen molar-refractivity contribution in [3.05, 3.63) is 47.3 Å². The molecule has 1 N–H and O–H groups in total. The molecule has 2 fully saturated rings. The zero-order valence-corrected chi connectivity index (χ0v) is 16.3. The maximum Gasteiger partial charge on any atom is 0.253 e. The number of benzene rings is 1. The first-order valence-electron chi connectivity index (χ1n) is 9.94. The van der Waals surface area contributed by atoms with Crippen LogP contribution in [0.5, 0.6) is 0 Å². The third-order valence-electron chi connectivity index (χ3n) is 5.79. The molecule has 2 aliphatic rings. The van der Waals surface area contributed by atoms with Crippen LogP contribution in [-0.2, 0) is 4.79 Å². The fraction of sp³-hybridized carbons (Fsp3) is 0.455. The minimum Gasteiger partial charge on any atom is -0.353 e. The van der Waals surface area contributed by atoms with Crippen molar-refractivity contribution in [2.75, 3.05) is 13.1 Å². The summed E-state index contributed by atoms with van der Waals surface area (Å²) >= 11 is 1.70. The normalized spacial score (nSPS) is 18.6. The standard InChI is InChI=1S/C22H26N2O2S/c25-21(23-19-4-1-2-5-19)17-11-13-24(14-12-17)22(26)18-9-7-16(8-10-18)20-6-3-15-27-20/h3,6-10,15,17,19H,1-2,4-5,11-14H2,(H,23,25). The Labute approximate surface area is 164 Å². The first-order chi connectivity index (χ1) is 13.2. The van der Waals surface area contributed by atoms with E-state index in [0.29, 0.717) is 19.1 Å². The smallest absolute Gasteiger partial charge is 0.253 e. The fourth-order valence-corrected chi connectivity index (χ4v) is 4.87. The van der Waals surface area contributed by atoms with Crippen LogP contribution in [-0.4, -0.2) is 35.8 Å². The van der Waals surface area contributed by atoms with E-state index in [1.54, 1.807) is 11.3 Å². The van der Waals surface area contributed by atoms with E-state index in [2.05, 4.69) is 16.8 Å². The quantitative estimate of drug-likeness (QED) is 0.856. The summed E-state index contributed by atoms with van der Waals surface area (Å²) in [6.45, 7) is 1.32. The summed E-state index contributed by atoms with van der Waals surface area (Å²) in [4.78, 5) is 28.3. The number of amides is 2. The Kier molecular flexibility index (Phi) is 5.58. The highest BCUT2D eigenvalue weighted by Crippen LogP contribution is 2.26. The molecule has 0 atom stereocenters. The molecule has 1 aromatic heterocycles. The second-order valence-electron chi connectivity index (χ2n) is 7.61. The summed E-state index contributed by atoms with van der Waals surface area (Å²) in [5.74, 6) is 0.313. The molecule has 1 aromatic carbocycles. The van der Waals surface area contributed by atoms with Gasteiger partial charge in [0.2, 0.25) is 5.91 Å². The van der Waals surface area contributed by atoms with Crippen LogP contribution in [0.1, 0.15) is 48.9 Å². The number of likely N-dealkylation sites (tertiary alicyclic amines) is 1. The van der Waals surface area contributed by atoms with Crippen LogP contribution in [0.2, 0.25) is 0 Å². The van der Waals surface area contributed by atoms with E-state index >= 15 is 0 Å². The summed E-state index contributed by atoms with van der Waals surface area (Å²) in [6, 6.07) is 12.3. The third-order valence-corrected chi connectivity index (χ3v) is 6.71. The highest BCUT2D eigenvalue weighted by molar-refractivity contribution is 7.13. The number of carbonyl (C=O) groups is 2. The second-order valence-corrected chi connectivity index (χ2v) is 8.56. The van der Waals surface area contributed by atoms with Crippen molar-refractivity contribution in [3.8, 4) is 10.4 Å².